The molecule has 5 heteroatoms. The molecule has 0 bridgehead atoms. The van der Waals surface area contributed by atoms with Gasteiger partial charge in [0.2, 0.25) is 0 Å². The van der Waals surface area contributed by atoms with E-state index in [1.54, 1.807) is 17.4 Å². The molecule has 0 amide bonds. The zero-order valence-corrected chi connectivity index (χ0v) is 11.7. The number of hydrogen-bond donors (Lipinski definition) is 1. The summed E-state index contributed by atoms with van der Waals surface area (Å²) in [6.07, 6.45) is 0. The summed E-state index contributed by atoms with van der Waals surface area (Å²) in [5.41, 5.74) is 7.73. The summed E-state index contributed by atoms with van der Waals surface area (Å²) in [5.74, 6) is -0.413. The fourth-order valence-electron chi connectivity index (χ4n) is 1.90. The molecular formula is C14H16N2O2S. The van der Waals surface area contributed by atoms with Crippen LogP contribution in [-0.2, 0) is 11.3 Å². The summed E-state index contributed by atoms with van der Waals surface area (Å²) < 4.78 is 4.72. The lowest BCUT2D eigenvalue weighted by Crippen LogP contribution is -2.18. The zero-order chi connectivity index (χ0) is 13.8. The van der Waals surface area contributed by atoms with Crippen LogP contribution in [0.2, 0.25) is 0 Å². The molecule has 2 N–H and O–H groups in total. The number of hydrogen-bond acceptors (Lipinski definition) is 5. The SMILES string of the molecule is COC(=O)c1cccc(N(C)Cc2cccs2)c1N. The average molecular weight is 276 g/mol. The molecule has 0 fully saturated rings. The largest absolute Gasteiger partial charge is 0.465 e. The molecule has 0 saturated carbocycles. The first-order valence-corrected chi connectivity index (χ1v) is 6.71. The molecule has 2 aromatic rings. The van der Waals surface area contributed by atoms with Crippen molar-refractivity contribution in [3.05, 3.63) is 46.2 Å². The van der Waals surface area contributed by atoms with Gasteiger partial charge in [0.15, 0.2) is 0 Å². The zero-order valence-electron chi connectivity index (χ0n) is 10.9. The summed E-state index contributed by atoms with van der Waals surface area (Å²) in [7, 11) is 3.30. The number of ether oxygens (including phenoxy) is 1. The Bertz CT molecular complexity index is 567. The second kappa shape index (κ2) is 5.75. The lowest BCUT2D eigenvalue weighted by molar-refractivity contribution is 0.0602. The van der Waals surface area contributed by atoms with Gasteiger partial charge < -0.3 is 15.4 Å². The van der Waals surface area contributed by atoms with Crippen molar-refractivity contribution in [2.75, 3.05) is 24.8 Å². The number of thiophene rings is 1. The van der Waals surface area contributed by atoms with Crippen LogP contribution in [0.4, 0.5) is 11.4 Å². The number of nitrogens with two attached hydrogens (primary N) is 1. The maximum atomic E-state index is 11.6. The molecule has 0 atom stereocenters. The summed E-state index contributed by atoms with van der Waals surface area (Å²) in [5, 5.41) is 2.04. The Kier molecular flexibility index (Phi) is 4.06. The van der Waals surface area contributed by atoms with Crippen molar-refractivity contribution in [3.63, 3.8) is 0 Å². The molecule has 0 unspecified atom stereocenters. The van der Waals surface area contributed by atoms with E-state index in [0.717, 1.165) is 12.2 Å². The molecule has 1 aromatic heterocycles. The van der Waals surface area contributed by atoms with Crippen molar-refractivity contribution < 1.29 is 9.53 Å². The van der Waals surface area contributed by atoms with E-state index in [1.165, 1.54) is 12.0 Å². The van der Waals surface area contributed by atoms with Crippen LogP contribution in [0.15, 0.2) is 35.7 Å². The maximum Gasteiger partial charge on any atom is 0.340 e. The number of para-hydroxylation sites is 1. The monoisotopic (exact) mass is 276 g/mol. The predicted molar refractivity (Wildman–Crippen MR) is 78.6 cm³/mol. The van der Waals surface area contributed by atoms with Gasteiger partial charge in [-0.2, -0.15) is 0 Å². The number of esters is 1. The van der Waals surface area contributed by atoms with E-state index < -0.39 is 5.97 Å². The third-order valence-corrected chi connectivity index (χ3v) is 3.73. The van der Waals surface area contributed by atoms with Gasteiger partial charge in [-0.25, -0.2) is 4.79 Å². The van der Waals surface area contributed by atoms with E-state index in [2.05, 4.69) is 6.07 Å². The molecule has 0 aliphatic heterocycles. The molecule has 100 valence electrons. The number of rotatable bonds is 4. The van der Waals surface area contributed by atoms with Gasteiger partial charge in [0, 0.05) is 11.9 Å². The van der Waals surface area contributed by atoms with E-state index in [0.29, 0.717) is 11.3 Å². The van der Waals surface area contributed by atoms with Gasteiger partial charge in [0.1, 0.15) is 0 Å². The minimum Gasteiger partial charge on any atom is -0.465 e. The van der Waals surface area contributed by atoms with Crippen LogP contribution in [-0.4, -0.2) is 20.1 Å². The van der Waals surface area contributed by atoms with E-state index in [1.807, 2.05) is 35.5 Å². The predicted octanol–water partition coefficient (Wildman–Crippen LogP) is 2.75. The Morgan fingerprint density at radius 2 is 2.16 bits per heavy atom. The third-order valence-electron chi connectivity index (χ3n) is 2.87. The van der Waals surface area contributed by atoms with Gasteiger partial charge in [-0.05, 0) is 23.6 Å². The lowest BCUT2D eigenvalue weighted by atomic mass is 10.1. The molecule has 2 rings (SSSR count). The summed E-state index contributed by atoms with van der Waals surface area (Å²) in [4.78, 5) is 14.9. The Morgan fingerprint density at radius 3 is 2.79 bits per heavy atom. The fourth-order valence-corrected chi connectivity index (χ4v) is 2.65. The molecule has 4 nitrogen and oxygen atoms in total. The van der Waals surface area contributed by atoms with E-state index >= 15 is 0 Å². The Labute approximate surface area is 116 Å². The van der Waals surface area contributed by atoms with Crippen molar-refractivity contribution in [1.29, 1.82) is 0 Å². The van der Waals surface area contributed by atoms with Gasteiger partial charge >= 0.3 is 5.97 Å². The van der Waals surface area contributed by atoms with Gasteiger partial charge in [-0.15, -0.1) is 11.3 Å². The van der Waals surface area contributed by atoms with Crippen molar-refractivity contribution in [2.24, 2.45) is 0 Å². The quantitative estimate of drug-likeness (QED) is 0.689. The average Bonchev–Trinajstić information content (AvgIpc) is 2.90. The van der Waals surface area contributed by atoms with Crippen LogP contribution in [0.1, 0.15) is 15.2 Å². The van der Waals surface area contributed by atoms with E-state index in [9.17, 15) is 4.79 Å². The lowest BCUT2D eigenvalue weighted by Gasteiger charge is -2.21. The Hall–Kier alpha value is -2.01. The molecule has 0 saturated heterocycles. The second-order valence-electron chi connectivity index (χ2n) is 4.17. The van der Waals surface area contributed by atoms with E-state index in [4.69, 9.17) is 10.5 Å². The number of carbonyl (C=O) groups is 1. The molecular weight excluding hydrogens is 260 g/mol. The minimum absolute atomic E-state index is 0.401. The number of anilines is 2. The van der Waals surface area contributed by atoms with Crippen LogP contribution in [0.25, 0.3) is 0 Å². The smallest absolute Gasteiger partial charge is 0.340 e. The first-order chi connectivity index (χ1) is 9.13. The number of nitrogen functional groups attached to an aromatic ring is 1. The van der Waals surface area contributed by atoms with Crippen LogP contribution in [0.3, 0.4) is 0 Å². The van der Waals surface area contributed by atoms with Crippen molar-refractivity contribution >= 4 is 28.7 Å². The Balaban J connectivity index is 2.27. The molecule has 0 aliphatic carbocycles. The van der Waals surface area contributed by atoms with E-state index in [-0.39, 0.29) is 0 Å². The highest BCUT2D eigenvalue weighted by molar-refractivity contribution is 7.09. The fraction of sp³-hybridized carbons (Fsp3) is 0.214. The van der Waals surface area contributed by atoms with Crippen molar-refractivity contribution in [1.82, 2.24) is 0 Å². The molecule has 0 radical (unpaired) electrons. The van der Waals surface area contributed by atoms with Gasteiger partial charge in [-0.3, -0.25) is 0 Å². The standard InChI is InChI=1S/C14H16N2O2S/c1-16(9-10-5-4-8-19-10)12-7-3-6-11(13(12)15)14(17)18-2/h3-8H,9,15H2,1-2H3. The summed E-state index contributed by atoms with van der Waals surface area (Å²) >= 11 is 1.69. The minimum atomic E-state index is -0.413. The first kappa shape index (κ1) is 13.4. The Morgan fingerprint density at radius 1 is 1.37 bits per heavy atom. The van der Waals surface area contributed by atoms with Crippen molar-refractivity contribution in [2.45, 2.75) is 6.54 Å². The number of benzene rings is 1. The summed E-state index contributed by atoms with van der Waals surface area (Å²) in [6, 6.07) is 9.46. The van der Waals surface area contributed by atoms with Crippen LogP contribution < -0.4 is 10.6 Å². The molecule has 1 aromatic carbocycles. The number of carbonyl (C=O) groups excluding carboxylic acids is 1. The highest BCUT2D eigenvalue weighted by atomic mass is 32.1. The van der Waals surface area contributed by atoms with Crippen LogP contribution in [0.5, 0.6) is 0 Å². The van der Waals surface area contributed by atoms with Crippen LogP contribution >= 0.6 is 11.3 Å². The number of nitrogens with zero attached hydrogens (tertiary/aromatic N) is 1. The molecule has 19 heavy (non-hydrogen) atoms. The normalized spacial score (nSPS) is 10.2. The molecule has 0 spiro atoms. The first-order valence-electron chi connectivity index (χ1n) is 5.83. The number of methoxy groups -OCH3 is 1. The highest BCUT2D eigenvalue weighted by Crippen LogP contribution is 2.28. The molecule has 1 heterocycles. The summed E-state index contributed by atoms with van der Waals surface area (Å²) in [6.45, 7) is 0.756. The molecule has 0 aliphatic rings. The third kappa shape index (κ3) is 2.88. The van der Waals surface area contributed by atoms with Crippen molar-refractivity contribution in [3.8, 4) is 0 Å². The van der Waals surface area contributed by atoms with Gasteiger partial charge in [0.05, 0.1) is 30.6 Å². The van der Waals surface area contributed by atoms with Gasteiger partial charge in [0.25, 0.3) is 0 Å². The maximum absolute atomic E-state index is 11.6. The van der Waals surface area contributed by atoms with Crippen LogP contribution in [0, 0.1) is 0 Å². The second-order valence-corrected chi connectivity index (χ2v) is 5.20. The van der Waals surface area contributed by atoms with Gasteiger partial charge in [-0.1, -0.05) is 12.1 Å². The topological polar surface area (TPSA) is 55.6 Å². The highest BCUT2D eigenvalue weighted by Gasteiger charge is 2.15.